The number of nitro benzene ring substituents is 2. The molecule has 0 spiro atoms. The molecule has 0 amide bonds. The first-order valence-corrected chi connectivity index (χ1v) is 5.98. The van der Waals surface area contributed by atoms with E-state index in [-0.39, 0.29) is 10.6 Å². The number of nitrogens with zero attached hydrogens (tertiary/aromatic N) is 2. The summed E-state index contributed by atoms with van der Waals surface area (Å²) >= 11 is 5.54. The molecule has 0 bridgehead atoms. The number of rotatable bonds is 3. The third kappa shape index (κ3) is 2.39. The summed E-state index contributed by atoms with van der Waals surface area (Å²) in [6.07, 6.45) is 0. The van der Waals surface area contributed by atoms with Gasteiger partial charge in [-0.05, 0) is 13.0 Å². The predicted molar refractivity (Wildman–Crippen MR) is 59.3 cm³/mol. The first kappa shape index (κ1) is 14.3. The summed E-state index contributed by atoms with van der Waals surface area (Å²) in [4.78, 5) is 17.9. The van der Waals surface area contributed by atoms with Crippen molar-refractivity contribution in [2.45, 2.75) is 11.8 Å². The van der Waals surface area contributed by atoms with E-state index in [1.54, 1.807) is 0 Å². The van der Waals surface area contributed by atoms with Crippen LogP contribution >= 0.6 is 11.6 Å². The standard InChI is InChI=1S/C7H5ClN2O7S/c1-3-4(8)2-5(18(15,16)17)7(10(13)14)6(3)9(11)12/h2H,1H3,(H,15,16,17). The lowest BCUT2D eigenvalue weighted by Crippen LogP contribution is -2.08. The molecule has 0 saturated carbocycles. The van der Waals surface area contributed by atoms with Crippen molar-refractivity contribution in [1.29, 1.82) is 0 Å². The van der Waals surface area contributed by atoms with E-state index in [1.807, 2.05) is 0 Å². The second-order valence-electron chi connectivity index (χ2n) is 3.17. The van der Waals surface area contributed by atoms with Crippen LogP contribution in [0, 0.1) is 27.2 Å². The van der Waals surface area contributed by atoms with E-state index in [2.05, 4.69) is 0 Å². The van der Waals surface area contributed by atoms with Gasteiger partial charge in [0.2, 0.25) is 0 Å². The summed E-state index contributed by atoms with van der Waals surface area (Å²) in [6.45, 7) is 1.13. The lowest BCUT2D eigenvalue weighted by molar-refractivity contribution is -0.424. The summed E-state index contributed by atoms with van der Waals surface area (Å²) in [6, 6.07) is 0.595. The Balaban J connectivity index is 3.98. The van der Waals surface area contributed by atoms with E-state index in [0.717, 1.165) is 6.92 Å². The molecule has 1 aromatic rings. The molecule has 0 fully saturated rings. The molecule has 98 valence electrons. The second kappa shape index (κ2) is 4.48. The predicted octanol–water partition coefficient (Wildman–Crippen LogP) is 1.71. The van der Waals surface area contributed by atoms with Gasteiger partial charge in [0.05, 0.1) is 20.4 Å². The van der Waals surface area contributed by atoms with Crippen molar-refractivity contribution in [2.24, 2.45) is 0 Å². The molecule has 0 unspecified atom stereocenters. The molecular formula is C7H5ClN2O7S. The van der Waals surface area contributed by atoms with Gasteiger partial charge in [-0.1, -0.05) is 11.6 Å². The van der Waals surface area contributed by atoms with Crippen LogP contribution in [-0.4, -0.2) is 22.8 Å². The molecule has 0 aromatic heterocycles. The topological polar surface area (TPSA) is 141 Å². The highest BCUT2D eigenvalue weighted by Crippen LogP contribution is 2.40. The molecule has 9 nitrogen and oxygen atoms in total. The Morgan fingerprint density at radius 1 is 1.22 bits per heavy atom. The van der Waals surface area contributed by atoms with Crippen LogP contribution in [0.15, 0.2) is 11.0 Å². The van der Waals surface area contributed by atoms with Gasteiger partial charge >= 0.3 is 21.5 Å². The Bertz CT molecular complexity index is 654. The summed E-state index contributed by atoms with van der Waals surface area (Å²) < 4.78 is 30.8. The fraction of sp³-hybridized carbons (Fsp3) is 0.143. The van der Waals surface area contributed by atoms with Gasteiger partial charge in [-0.2, -0.15) is 8.42 Å². The number of nitro groups is 2. The monoisotopic (exact) mass is 296 g/mol. The Morgan fingerprint density at radius 2 is 1.67 bits per heavy atom. The smallest absolute Gasteiger partial charge is 0.282 e. The zero-order chi connectivity index (χ0) is 14.2. The highest BCUT2D eigenvalue weighted by molar-refractivity contribution is 7.86. The average Bonchev–Trinajstić information content (AvgIpc) is 2.18. The number of hydrogen-bond donors (Lipinski definition) is 1. The Hall–Kier alpha value is -1.78. The zero-order valence-electron chi connectivity index (χ0n) is 8.65. The molecular weight excluding hydrogens is 292 g/mol. The van der Waals surface area contributed by atoms with Crippen LogP contribution < -0.4 is 0 Å². The molecule has 18 heavy (non-hydrogen) atoms. The minimum absolute atomic E-state index is 0.263. The number of hydrogen-bond acceptors (Lipinski definition) is 6. The molecule has 0 heterocycles. The summed E-state index contributed by atoms with van der Waals surface area (Å²) in [5, 5.41) is 21.1. The van der Waals surface area contributed by atoms with Crippen molar-refractivity contribution >= 4 is 33.1 Å². The quantitative estimate of drug-likeness (QED) is 0.508. The van der Waals surface area contributed by atoms with E-state index in [1.165, 1.54) is 0 Å². The van der Waals surface area contributed by atoms with Crippen molar-refractivity contribution in [3.05, 3.63) is 36.9 Å². The molecule has 1 rings (SSSR count). The van der Waals surface area contributed by atoms with Crippen LogP contribution in [0.4, 0.5) is 11.4 Å². The van der Waals surface area contributed by atoms with Gasteiger partial charge in [0.1, 0.15) is 0 Å². The molecule has 0 radical (unpaired) electrons. The molecule has 0 atom stereocenters. The molecule has 0 aliphatic heterocycles. The van der Waals surface area contributed by atoms with Crippen LogP contribution in [0.25, 0.3) is 0 Å². The van der Waals surface area contributed by atoms with Gasteiger partial charge in [-0.25, -0.2) is 0 Å². The Morgan fingerprint density at radius 3 is 2.00 bits per heavy atom. The van der Waals surface area contributed by atoms with Gasteiger partial charge in [0, 0.05) is 0 Å². The van der Waals surface area contributed by atoms with E-state index < -0.39 is 36.2 Å². The summed E-state index contributed by atoms with van der Waals surface area (Å²) in [7, 11) is -5.00. The van der Waals surface area contributed by atoms with Crippen molar-refractivity contribution < 1.29 is 22.8 Å². The van der Waals surface area contributed by atoms with E-state index >= 15 is 0 Å². The summed E-state index contributed by atoms with van der Waals surface area (Å²) in [5.74, 6) is 0. The largest absolute Gasteiger partial charge is 0.367 e. The van der Waals surface area contributed by atoms with Crippen LogP contribution in [0.1, 0.15) is 5.56 Å². The van der Waals surface area contributed by atoms with Gasteiger partial charge in [-0.3, -0.25) is 24.8 Å². The Labute approximate surface area is 105 Å². The number of halogens is 1. The fourth-order valence-corrected chi connectivity index (χ4v) is 2.24. The van der Waals surface area contributed by atoms with Crippen molar-refractivity contribution in [3.63, 3.8) is 0 Å². The Kier molecular flexibility index (Phi) is 3.55. The fourth-order valence-electron chi connectivity index (χ4n) is 1.30. The first-order chi connectivity index (χ1) is 8.07. The van der Waals surface area contributed by atoms with Crippen LogP contribution in [0.3, 0.4) is 0 Å². The molecule has 11 heteroatoms. The van der Waals surface area contributed by atoms with E-state index in [9.17, 15) is 28.6 Å². The van der Waals surface area contributed by atoms with Crippen molar-refractivity contribution in [1.82, 2.24) is 0 Å². The van der Waals surface area contributed by atoms with Crippen molar-refractivity contribution in [3.8, 4) is 0 Å². The normalized spacial score (nSPS) is 11.3. The van der Waals surface area contributed by atoms with Gasteiger partial charge in [0.15, 0.2) is 4.90 Å². The molecule has 0 aliphatic rings. The third-order valence-corrected chi connectivity index (χ3v) is 3.33. The summed E-state index contributed by atoms with van der Waals surface area (Å²) in [5.41, 5.74) is -2.65. The van der Waals surface area contributed by atoms with Crippen LogP contribution in [-0.2, 0) is 10.1 Å². The van der Waals surface area contributed by atoms with Gasteiger partial charge in [-0.15, -0.1) is 0 Å². The zero-order valence-corrected chi connectivity index (χ0v) is 10.2. The van der Waals surface area contributed by atoms with Crippen molar-refractivity contribution in [2.75, 3.05) is 0 Å². The highest BCUT2D eigenvalue weighted by Gasteiger charge is 2.37. The SMILES string of the molecule is Cc1c(Cl)cc(S(=O)(=O)O)c([N+](=O)[O-])c1[N+](=O)[O-]. The molecule has 0 aliphatic carbocycles. The van der Waals surface area contributed by atoms with E-state index in [0.29, 0.717) is 6.07 Å². The molecule has 0 saturated heterocycles. The molecule has 1 N–H and O–H groups in total. The maximum absolute atomic E-state index is 11.0. The maximum atomic E-state index is 11.0. The second-order valence-corrected chi connectivity index (χ2v) is 4.97. The average molecular weight is 297 g/mol. The lowest BCUT2D eigenvalue weighted by atomic mass is 10.1. The van der Waals surface area contributed by atoms with Gasteiger partial charge < -0.3 is 0 Å². The van der Waals surface area contributed by atoms with Gasteiger partial charge in [0.25, 0.3) is 0 Å². The first-order valence-electron chi connectivity index (χ1n) is 4.16. The minimum atomic E-state index is -5.00. The number of benzene rings is 1. The lowest BCUT2D eigenvalue weighted by Gasteiger charge is -2.04. The minimum Gasteiger partial charge on any atom is -0.282 e. The highest BCUT2D eigenvalue weighted by atomic mass is 35.5. The third-order valence-electron chi connectivity index (χ3n) is 2.07. The maximum Gasteiger partial charge on any atom is 0.367 e. The van der Waals surface area contributed by atoms with E-state index in [4.69, 9.17) is 16.2 Å². The van der Waals surface area contributed by atoms with Crippen LogP contribution in [0.5, 0.6) is 0 Å². The van der Waals surface area contributed by atoms with Crippen LogP contribution in [0.2, 0.25) is 5.02 Å². The molecule has 1 aromatic carbocycles.